The molecule has 0 aromatic heterocycles. The van der Waals surface area contributed by atoms with Crippen molar-refractivity contribution in [3.8, 4) is 0 Å². The van der Waals surface area contributed by atoms with Crippen LogP contribution in [0.1, 0.15) is 19.8 Å². The molecule has 0 radical (unpaired) electrons. The Labute approximate surface area is 68.1 Å². The second-order valence-electron chi connectivity index (χ2n) is 3.30. The predicted octanol–water partition coefficient (Wildman–Crippen LogP) is 0.654. The summed E-state index contributed by atoms with van der Waals surface area (Å²) in [5, 5.41) is 7.13. The number of hydrogen-bond acceptors (Lipinski definition) is 2. The van der Waals surface area contributed by atoms with Gasteiger partial charge in [-0.05, 0) is 25.3 Å². The third kappa shape index (κ3) is 3.37. The molecule has 3 N–H and O–H groups in total. The molecule has 1 saturated carbocycles. The fourth-order valence-electron chi connectivity index (χ4n) is 1.21. The maximum atomic E-state index is 7.13. The van der Waals surface area contributed by atoms with Gasteiger partial charge in [-0.25, -0.2) is 0 Å². The van der Waals surface area contributed by atoms with Gasteiger partial charge in [0.25, 0.3) is 0 Å². The van der Waals surface area contributed by atoms with Gasteiger partial charge in [0.1, 0.15) is 5.84 Å². The monoisotopic (exact) mass is 155 g/mol. The fourth-order valence-corrected chi connectivity index (χ4v) is 1.21. The summed E-state index contributed by atoms with van der Waals surface area (Å²) in [6.45, 7) is 4.91. The summed E-state index contributed by atoms with van der Waals surface area (Å²) < 4.78 is 0. The molecule has 1 aliphatic carbocycles. The van der Waals surface area contributed by atoms with E-state index in [1.165, 1.54) is 12.8 Å². The highest BCUT2D eigenvalue weighted by molar-refractivity contribution is 5.78. The molecule has 0 amide bonds. The lowest BCUT2D eigenvalue weighted by Crippen LogP contribution is -2.34. The summed E-state index contributed by atoms with van der Waals surface area (Å²) >= 11 is 0. The zero-order chi connectivity index (χ0) is 8.27. The Morgan fingerprint density at radius 1 is 1.64 bits per heavy atom. The van der Waals surface area contributed by atoms with Crippen molar-refractivity contribution in [3.05, 3.63) is 0 Å². The summed E-state index contributed by atoms with van der Waals surface area (Å²) in [6.07, 6.45) is 2.74. The first kappa shape index (κ1) is 8.53. The molecule has 3 heteroatoms. The van der Waals surface area contributed by atoms with Gasteiger partial charge in [-0.2, -0.15) is 0 Å². The molecule has 0 aromatic carbocycles. The van der Waals surface area contributed by atoms with Gasteiger partial charge < -0.3 is 5.73 Å². The highest BCUT2D eigenvalue weighted by Gasteiger charge is 2.23. The van der Waals surface area contributed by atoms with Gasteiger partial charge in [-0.15, -0.1) is 0 Å². The lowest BCUT2D eigenvalue weighted by atomic mass is 10.3. The molecule has 1 rings (SSSR count). The molecule has 3 nitrogen and oxygen atoms in total. The second kappa shape index (κ2) is 3.72. The largest absolute Gasteiger partial charge is 0.387 e. The Balaban J connectivity index is 2.17. The van der Waals surface area contributed by atoms with Gasteiger partial charge in [0.05, 0.1) is 6.54 Å². The minimum absolute atomic E-state index is 0.285. The smallest absolute Gasteiger partial charge is 0.105 e. The summed E-state index contributed by atoms with van der Waals surface area (Å²) in [7, 11) is 0. The number of nitrogens with zero attached hydrogens (tertiary/aromatic N) is 1. The van der Waals surface area contributed by atoms with Crippen molar-refractivity contribution in [3.63, 3.8) is 0 Å². The first-order valence-electron chi connectivity index (χ1n) is 4.27. The lowest BCUT2D eigenvalue weighted by Gasteiger charge is -2.18. The SMILES string of the molecule is CCN(CC(=N)N)CC1CC1. The molecule has 64 valence electrons. The average Bonchev–Trinajstić information content (AvgIpc) is 2.69. The normalized spacial score (nSPS) is 17.3. The number of nitrogens with one attached hydrogen (secondary N) is 1. The molecule has 1 fully saturated rings. The van der Waals surface area contributed by atoms with Crippen molar-refractivity contribution >= 4 is 5.84 Å². The minimum atomic E-state index is 0.285. The van der Waals surface area contributed by atoms with Crippen molar-refractivity contribution in [2.75, 3.05) is 19.6 Å². The summed E-state index contributed by atoms with van der Waals surface area (Å²) in [4.78, 5) is 2.24. The summed E-state index contributed by atoms with van der Waals surface area (Å²) in [6, 6.07) is 0. The van der Waals surface area contributed by atoms with Crippen molar-refractivity contribution in [2.24, 2.45) is 11.7 Å². The van der Waals surface area contributed by atoms with E-state index in [-0.39, 0.29) is 5.84 Å². The third-order valence-corrected chi connectivity index (χ3v) is 2.05. The standard InChI is InChI=1S/C8H17N3/c1-2-11(6-8(9)10)5-7-3-4-7/h7H,2-6H2,1H3,(H3,9,10). The van der Waals surface area contributed by atoms with Gasteiger partial charge in [0, 0.05) is 6.54 Å². The Bertz CT molecular complexity index is 140. The van der Waals surface area contributed by atoms with Crippen LogP contribution in [0.4, 0.5) is 0 Å². The van der Waals surface area contributed by atoms with Crippen LogP contribution >= 0.6 is 0 Å². The quantitative estimate of drug-likeness (QED) is 0.452. The predicted molar refractivity (Wildman–Crippen MR) is 46.8 cm³/mol. The maximum Gasteiger partial charge on any atom is 0.105 e. The zero-order valence-corrected chi connectivity index (χ0v) is 7.14. The number of rotatable bonds is 5. The van der Waals surface area contributed by atoms with Crippen LogP contribution in [0, 0.1) is 11.3 Å². The molecule has 0 heterocycles. The second-order valence-corrected chi connectivity index (χ2v) is 3.30. The van der Waals surface area contributed by atoms with Gasteiger partial charge >= 0.3 is 0 Å². The van der Waals surface area contributed by atoms with Crippen molar-refractivity contribution in [1.82, 2.24) is 4.90 Å². The maximum absolute atomic E-state index is 7.13. The van der Waals surface area contributed by atoms with E-state index in [1.54, 1.807) is 0 Å². The van der Waals surface area contributed by atoms with Gasteiger partial charge in [0.2, 0.25) is 0 Å². The number of amidine groups is 1. The molecule has 0 spiro atoms. The van der Waals surface area contributed by atoms with Crippen LogP contribution in [-0.2, 0) is 0 Å². The first-order valence-corrected chi connectivity index (χ1v) is 4.27. The number of likely N-dealkylation sites (N-methyl/N-ethyl adjacent to an activating group) is 1. The number of nitrogens with two attached hydrogens (primary N) is 1. The Hall–Kier alpha value is -0.570. The Morgan fingerprint density at radius 2 is 2.27 bits per heavy atom. The molecule has 0 unspecified atom stereocenters. The van der Waals surface area contributed by atoms with Crippen molar-refractivity contribution < 1.29 is 0 Å². The first-order chi connectivity index (χ1) is 5.22. The van der Waals surface area contributed by atoms with Crippen LogP contribution in [-0.4, -0.2) is 30.4 Å². The minimum Gasteiger partial charge on any atom is -0.387 e. The van der Waals surface area contributed by atoms with E-state index in [0.717, 1.165) is 19.0 Å². The van der Waals surface area contributed by atoms with E-state index >= 15 is 0 Å². The lowest BCUT2D eigenvalue weighted by molar-refractivity contribution is 0.313. The van der Waals surface area contributed by atoms with E-state index in [0.29, 0.717) is 6.54 Å². The van der Waals surface area contributed by atoms with Crippen LogP contribution in [0.5, 0.6) is 0 Å². The van der Waals surface area contributed by atoms with Gasteiger partial charge in [-0.3, -0.25) is 10.3 Å². The van der Waals surface area contributed by atoms with E-state index in [4.69, 9.17) is 11.1 Å². The Morgan fingerprint density at radius 3 is 2.64 bits per heavy atom. The molecule has 0 aliphatic heterocycles. The van der Waals surface area contributed by atoms with E-state index in [2.05, 4.69) is 11.8 Å². The molecule has 0 bridgehead atoms. The van der Waals surface area contributed by atoms with Crippen LogP contribution in [0.3, 0.4) is 0 Å². The van der Waals surface area contributed by atoms with E-state index in [9.17, 15) is 0 Å². The van der Waals surface area contributed by atoms with Gasteiger partial charge in [-0.1, -0.05) is 6.92 Å². The molecule has 0 aromatic rings. The van der Waals surface area contributed by atoms with E-state index < -0.39 is 0 Å². The van der Waals surface area contributed by atoms with Crippen molar-refractivity contribution in [1.29, 1.82) is 5.41 Å². The molecule has 11 heavy (non-hydrogen) atoms. The van der Waals surface area contributed by atoms with Gasteiger partial charge in [0.15, 0.2) is 0 Å². The molecular formula is C8H17N3. The van der Waals surface area contributed by atoms with Crippen LogP contribution in [0.2, 0.25) is 0 Å². The fraction of sp³-hybridized carbons (Fsp3) is 0.875. The highest BCUT2D eigenvalue weighted by Crippen LogP contribution is 2.29. The van der Waals surface area contributed by atoms with Crippen LogP contribution in [0.25, 0.3) is 0 Å². The van der Waals surface area contributed by atoms with Crippen molar-refractivity contribution in [2.45, 2.75) is 19.8 Å². The number of hydrogen-bond donors (Lipinski definition) is 2. The topological polar surface area (TPSA) is 53.1 Å². The summed E-state index contributed by atoms with van der Waals surface area (Å²) in [5.41, 5.74) is 5.31. The molecular weight excluding hydrogens is 138 g/mol. The van der Waals surface area contributed by atoms with Crippen LogP contribution in [0.15, 0.2) is 0 Å². The molecule has 0 atom stereocenters. The summed E-state index contributed by atoms with van der Waals surface area (Å²) in [5.74, 6) is 1.18. The van der Waals surface area contributed by atoms with E-state index in [1.807, 2.05) is 0 Å². The van der Waals surface area contributed by atoms with Crippen LogP contribution < -0.4 is 5.73 Å². The highest BCUT2D eigenvalue weighted by atomic mass is 15.1. The average molecular weight is 155 g/mol. The third-order valence-electron chi connectivity index (χ3n) is 2.05. The zero-order valence-electron chi connectivity index (χ0n) is 7.14. The molecule has 1 aliphatic rings. The Kier molecular flexibility index (Phi) is 2.88. The molecule has 0 saturated heterocycles.